The Labute approximate surface area is 99.7 Å². The van der Waals surface area contributed by atoms with Gasteiger partial charge in [-0.05, 0) is 42.9 Å². The Bertz CT molecular complexity index is 355. The molecule has 84 valence electrons. The van der Waals surface area contributed by atoms with E-state index in [4.69, 9.17) is 5.73 Å². The third-order valence-corrected chi connectivity index (χ3v) is 2.79. The van der Waals surface area contributed by atoms with Gasteiger partial charge in [-0.2, -0.15) is 0 Å². The number of benzene rings is 1. The van der Waals surface area contributed by atoms with Gasteiger partial charge in [-0.1, -0.05) is 0 Å². The summed E-state index contributed by atoms with van der Waals surface area (Å²) in [5, 5.41) is 19.0. The molecule has 0 heterocycles. The van der Waals surface area contributed by atoms with Gasteiger partial charge in [0.2, 0.25) is 0 Å². The molecule has 0 aliphatic heterocycles. The topological polar surface area (TPSA) is 66.5 Å². The second-order valence-electron chi connectivity index (χ2n) is 3.96. The van der Waals surface area contributed by atoms with Crippen molar-refractivity contribution in [1.82, 2.24) is 0 Å². The Balaban J connectivity index is 0.00000112. The maximum atomic E-state index is 9.65. The van der Waals surface area contributed by atoms with E-state index in [2.05, 4.69) is 0 Å². The van der Waals surface area contributed by atoms with Crippen LogP contribution in [-0.4, -0.2) is 16.3 Å². The van der Waals surface area contributed by atoms with E-state index in [1.54, 1.807) is 6.07 Å². The average molecular weight is 274 g/mol. The van der Waals surface area contributed by atoms with Crippen LogP contribution in [0.5, 0.6) is 11.5 Å². The fourth-order valence-electron chi connectivity index (χ4n) is 2.10. The number of hydrogen-bond acceptors (Lipinski definition) is 3. The number of halogens is 1. The molecule has 15 heavy (non-hydrogen) atoms. The van der Waals surface area contributed by atoms with E-state index in [1.165, 1.54) is 6.07 Å². The number of nitrogens with two attached hydrogens (primary N) is 1. The van der Waals surface area contributed by atoms with Crippen LogP contribution in [0.2, 0.25) is 0 Å². The zero-order valence-corrected chi connectivity index (χ0v) is 10.2. The summed E-state index contributed by atoms with van der Waals surface area (Å²) in [4.78, 5) is 0. The van der Waals surface area contributed by atoms with Crippen LogP contribution in [0.15, 0.2) is 12.1 Å². The average Bonchev–Trinajstić information content (AvgIpc) is 2.25. The van der Waals surface area contributed by atoms with E-state index in [1.807, 2.05) is 0 Å². The lowest BCUT2D eigenvalue weighted by molar-refractivity contribution is 0.444. The molecular formula is C11H16BrNO2. The minimum absolute atomic E-state index is 0. The smallest absolute Gasteiger partial charge is 0.122 e. The van der Waals surface area contributed by atoms with E-state index in [0.29, 0.717) is 0 Å². The van der Waals surface area contributed by atoms with Crippen molar-refractivity contribution in [2.45, 2.75) is 31.7 Å². The molecule has 0 saturated heterocycles. The number of phenolic OH excluding ortho intramolecular Hbond substituents is 2. The van der Waals surface area contributed by atoms with Crippen LogP contribution < -0.4 is 5.73 Å². The number of aromatic hydroxyl groups is 2. The fourth-order valence-corrected chi connectivity index (χ4v) is 2.10. The van der Waals surface area contributed by atoms with Gasteiger partial charge in [0.15, 0.2) is 0 Å². The highest BCUT2D eigenvalue weighted by atomic mass is 79.9. The molecule has 1 aromatic carbocycles. The lowest BCUT2D eigenvalue weighted by Gasteiger charge is -2.10. The van der Waals surface area contributed by atoms with E-state index in [9.17, 15) is 10.2 Å². The molecule has 0 fully saturated rings. The highest BCUT2D eigenvalue weighted by Gasteiger charge is 2.17. The first-order chi connectivity index (χ1) is 6.66. The molecule has 0 bridgehead atoms. The van der Waals surface area contributed by atoms with E-state index >= 15 is 0 Å². The number of fused-ring (bicyclic) bond motifs is 1. The van der Waals surface area contributed by atoms with Gasteiger partial charge in [0.25, 0.3) is 0 Å². The molecule has 1 unspecified atom stereocenters. The van der Waals surface area contributed by atoms with Gasteiger partial charge in [-0.3, -0.25) is 0 Å². The summed E-state index contributed by atoms with van der Waals surface area (Å²) in [6, 6.07) is 3.26. The third-order valence-electron chi connectivity index (χ3n) is 2.79. The normalized spacial score (nSPS) is 19.9. The SMILES string of the molecule is Br.NC1CCCc2c(O)cc(O)cc2C1. The molecule has 1 aromatic rings. The van der Waals surface area contributed by atoms with Crippen LogP contribution in [-0.2, 0) is 12.8 Å². The van der Waals surface area contributed by atoms with Crippen molar-refractivity contribution in [3.63, 3.8) is 0 Å². The molecule has 1 atom stereocenters. The predicted molar refractivity (Wildman–Crippen MR) is 64.7 cm³/mol. The monoisotopic (exact) mass is 273 g/mol. The van der Waals surface area contributed by atoms with Gasteiger partial charge in [-0.15, -0.1) is 17.0 Å². The van der Waals surface area contributed by atoms with Crippen molar-refractivity contribution < 1.29 is 10.2 Å². The molecular weight excluding hydrogens is 258 g/mol. The summed E-state index contributed by atoms with van der Waals surface area (Å²) in [5.74, 6) is 0.324. The first-order valence-corrected chi connectivity index (χ1v) is 4.96. The van der Waals surface area contributed by atoms with Gasteiger partial charge in [0.1, 0.15) is 11.5 Å². The van der Waals surface area contributed by atoms with Crippen LogP contribution in [0.4, 0.5) is 0 Å². The fraction of sp³-hybridized carbons (Fsp3) is 0.455. The summed E-state index contributed by atoms with van der Waals surface area (Å²) in [6.07, 6.45) is 3.59. The Hall–Kier alpha value is -0.740. The summed E-state index contributed by atoms with van der Waals surface area (Å²) < 4.78 is 0. The molecule has 1 aliphatic rings. The van der Waals surface area contributed by atoms with Crippen molar-refractivity contribution in [3.8, 4) is 11.5 Å². The van der Waals surface area contributed by atoms with Gasteiger partial charge >= 0.3 is 0 Å². The van der Waals surface area contributed by atoms with Crippen molar-refractivity contribution in [3.05, 3.63) is 23.3 Å². The number of rotatable bonds is 0. The van der Waals surface area contributed by atoms with Crippen LogP contribution in [0.1, 0.15) is 24.0 Å². The van der Waals surface area contributed by atoms with Crippen molar-refractivity contribution in [2.75, 3.05) is 0 Å². The molecule has 0 radical (unpaired) electrons. The number of phenols is 2. The van der Waals surface area contributed by atoms with E-state index < -0.39 is 0 Å². The third kappa shape index (κ3) is 2.63. The minimum Gasteiger partial charge on any atom is -0.508 e. The molecule has 2 rings (SSSR count). The minimum atomic E-state index is 0. The Kier molecular flexibility index (Phi) is 3.99. The summed E-state index contributed by atoms with van der Waals surface area (Å²) in [6.45, 7) is 0. The van der Waals surface area contributed by atoms with Gasteiger partial charge in [0, 0.05) is 12.1 Å². The molecule has 0 saturated carbocycles. The van der Waals surface area contributed by atoms with Crippen molar-refractivity contribution in [2.24, 2.45) is 5.73 Å². The van der Waals surface area contributed by atoms with E-state index in [0.717, 1.165) is 36.8 Å². The van der Waals surface area contributed by atoms with Gasteiger partial charge in [0.05, 0.1) is 0 Å². The van der Waals surface area contributed by atoms with Crippen LogP contribution in [0, 0.1) is 0 Å². The zero-order chi connectivity index (χ0) is 10.1. The first-order valence-electron chi connectivity index (χ1n) is 4.96. The maximum absolute atomic E-state index is 9.65. The lowest BCUT2D eigenvalue weighted by atomic mass is 10.0. The lowest BCUT2D eigenvalue weighted by Crippen LogP contribution is -2.21. The standard InChI is InChI=1S/C11H15NO2.BrH/c12-8-2-1-3-10-7(4-8)5-9(13)6-11(10)14;/h5-6,8,13-14H,1-4,12H2;1H. The van der Waals surface area contributed by atoms with E-state index in [-0.39, 0.29) is 34.5 Å². The quantitative estimate of drug-likeness (QED) is 0.633. The zero-order valence-electron chi connectivity index (χ0n) is 8.44. The second kappa shape index (κ2) is 4.86. The highest BCUT2D eigenvalue weighted by molar-refractivity contribution is 8.93. The summed E-state index contributed by atoms with van der Waals surface area (Å²) in [7, 11) is 0. The van der Waals surface area contributed by atoms with Crippen molar-refractivity contribution in [1.29, 1.82) is 0 Å². The van der Waals surface area contributed by atoms with Gasteiger partial charge in [-0.25, -0.2) is 0 Å². The molecule has 4 N–H and O–H groups in total. The van der Waals surface area contributed by atoms with Crippen LogP contribution in [0.3, 0.4) is 0 Å². The Morgan fingerprint density at radius 3 is 2.73 bits per heavy atom. The Morgan fingerprint density at radius 2 is 2.00 bits per heavy atom. The number of hydrogen-bond donors (Lipinski definition) is 3. The molecule has 1 aliphatic carbocycles. The predicted octanol–water partition coefficient (Wildman–Crippen LogP) is 1.88. The maximum Gasteiger partial charge on any atom is 0.122 e. The molecule has 0 spiro atoms. The largest absolute Gasteiger partial charge is 0.508 e. The van der Waals surface area contributed by atoms with Gasteiger partial charge < -0.3 is 15.9 Å². The Morgan fingerprint density at radius 1 is 1.27 bits per heavy atom. The second-order valence-corrected chi connectivity index (χ2v) is 3.96. The highest BCUT2D eigenvalue weighted by Crippen LogP contribution is 2.31. The molecule has 4 heteroatoms. The molecule has 3 nitrogen and oxygen atoms in total. The first kappa shape index (κ1) is 12.3. The summed E-state index contributed by atoms with van der Waals surface area (Å²) in [5.41, 5.74) is 7.83. The van der Waals surface area contributed by atoms with Crippen LogP contribution in [0.25, 0.3) is 0 Å². The summed E-state index contributed by atoms with van der Waals surface area (Å²) >= 11 is 0. The van der Waals surface area contributed by atoms with Crippen molar-refractivity contribution >= 4 is 17.0 Å². The molecule has 0 aromatic heterocycles. The van der Waals surface area contributed by atoms with Crippen LogP contribution >= 0.6 is 17.0 Å². The molecule has 0 amide bonds.